The van der Waals surface area contributed by atoms with Gasteiger partial charge in [-0.2, -0.15) is 0 Å². The molecule has 0 saturated heterocycles. The zero-order valence-corrected chi connectivity index (χ0v) is 17.2. The van der Waals surface area contributed by atoms with Gasteiger partial charge in [0.05, 0.1) is 0 Å². The molecule has 2 unspecified atom stereocenters. The summed E-state index contributed by atoms with van der Waals surface area (Å²) in [4.78, 5) is 0. The summed E-state index contributed by atoms with van der Waals surface area (Å²) in [5, 5.41) is 0. The second-order valence-electron chi connectivity index (χ2n) is 5.76. The van der Waals surface area contributed by atoms with Gasteiger partial charge in [0.25, 0.3) is 0 Å². The smallest absolute Gasteiger partial charge is 0 e. The van der Waals surface area contributed by atoms with Crippen LogP contribution in [-0.2, 0) is 25.8 Å². The topological polar surface area (TPSA) is 0 Å². The molecule has 0 aromatic heterocycles. The zero-order valence-electron chi connectivity index (χ0n) is 12.9. The summed E-state index contributed by atoms with van der Waals surface area (Å²) in [6.07, 6.45) is 10.0. The van der Waals surface area contributed by atoms with E-state index in [1.807, 2.05) is 0 Å². The number of benzene rings is 2. The minimum absolute atomic E-state index is 0. The average Bonchev–Trinajstić information content (AvgIpc) is 3.14. The van der Waals surface area contributed by atoms with Gasteiger partial charge in [0.2, 0.25) is 0 Å². The minimum atomic E-state index is 0. The molecule has 116 valence electrons. The van der Waals surface area contributed by atoms with Gasteiger partial charge < -0.3 is 31.7 Å². The number of hydrogen-bond donors (Lipinski definition) is 0. The number of fused-ring (bicyclic) bond motifs is 2. The van der Waals surface area contributed by atoms with Crippen LogP contribution in [-0.4, -0.2) is 0 Å². The number of rotatable bonds is 3. The van der Waals surface area contributed by atoms with Crippen LogP contribution < -0.4 is 12.4 Å². The molecule has 0 spiro atoms. The Kier molecular flexibility index (Phi) is 6.22. The fourth-order valence-corrected chi connectivity index (χ4v) is 3.65. The van der Waals surface area contributed by atoms with Crippen LogP contribution in [0.2, 0.25) is 0 Å². The van der Waals surface area contributed by atoms with E-state index >= 15 is 0 Å². The molecule has 0 amide bonds. The first-order valence-electron chi connectivity index (χ1n) is 7.57. The molecule has 2 aromatic rings. The van der Waals surface area contributed by atoms with E-state index in [-0.39, 0.29) is 38.3 Å². The van der Waals surface area contributed by atoms with Crippen molar-refractivity contribution >= 4 is 12.2 Å². The number of allylic oxidation sites excluding steroid dienone is 2. The summed E-state index contributed by atoms with van der Waals surface area (Å²) in [5.41, 5.74) is 5.55. The van der Waals surface area contributed by atoms with Gasteiger partial charge in [0, 0.05) is 25.8 Å². The SMILES string of the molecule is [CH2-]C[C-](C1C=Cc2ccccc21)C1C=Cc2ccccc21.[Cl-].[Hf]. The van der Waals surface area contributed by atoms with Gasteiger partial charge in [-0.05, 0) is 11.1 Å². The Hall–Kier alpha value is -0.920. The van der Waals surface area contributed by atoms with Gasteiger partial charge in [-0.15, -0.1) is 24.0 Å². The molecule has 2 aliphatic rings. The van der Waals surface area contributed by atoms with Crippen molar-refractivity contribution in [2.24, 2.45) is 0 Å². The first-order valence-corrected chi connectivity index (χ1v) is 7.57. The first-order chi connectivity index (χ1) is 10.4. The maximum absolute atomic E-state index is 4.22. The van der Waals surface area contributed by atoms with Crippen molar-refractivity contribution in [2.75, 3.05) is 0 Å². The van der Waals surface area contributed by atoms with Crippen LogP contribution in [0.25, 0.3) is 12.2 Å². The van der Waals surface area contributed by atoms with Crippen molar-refractivity contribution in [2.45, 2.75) is 18.3 Å². The molecule has 2 aliphatic carbocycles. The third kappa shape index (κ3) is 3.19. The Bertz CT molecular complexity index is 671. The van der Waals surface area contributed by atoms with Gasteiger partial charge in [0.1, 0.15) is 0 Å². The van der Waals surface area contributed by atoms with Gasteiger partial charge in [-0.3, -0.25) is 0 Å². The summed E-state index contributed by atoms with van der Waals surface area (Å²) < 4.78 is 0. The molecule has 0 fully saturated rings. The van der Waals surface area contributed by atoms with Crippen LogP contribution in [0, 0.1) is 12.8 Å². The van der Waals surface area contributed by atoms with E-state index in [9.17, 15) is 0 Å². The van der Waals surface area contributed by atoms with Crippen molar-refractivity contribution in [1.82, 2.24) is 0 Å². The van der Waals surface area contributed by atoms with Crippen LogP contribution in [0.1, 0.15) is 40.5 Å². The summed E-state index contributed by atoms with van der Waals surface area (Å²) >= 11 is 0. The van der Waals surface area contributed by atoms with Crippen molar-refractivity contribution in [1.29, 1.82) is 0 Å². The van der Waals surface area contributed by atoms with Crippen molar-refractivity contribution < 1.29 is 38.3 Å². The number of hydrogen-bond acceptors (Lipinski definition) is 0. The molecule has 23 heavy (non-hydrogen) atoms. The molecule has 0 nitrogen and oxygen atoms in total. The van der Waals surface area contributed by atoms with Gasteiger partial charge in [-0.1, -0.05) is 71.8 Å². The fourth-order valence-electron chi connectivity index (χ4n) is 3.65. The summed E-state index contributed by atoms with van der Waals surface area (Å²) in [5.74, 6) is 2.30. The van der Waals surface area contributed by atoms with Crippen molar-refractivity contribution in [3.05, 3.63) is 95.8 Å². The molecule has 0 heterocycles. The molecule has 0 radical (unpaired) electrons. The monoisotopic (exact) mass is 485 g/mol. The summed E-state index contributed by atoms with van der Waals surface area (Å²) in [6.45, 7) is 4.22. The molecule has 0 bridgehead atoms. The fraction of sp³-hybridized carbons (Fsp3) is 0.143. The second kappa shape index (κ2) is 7.77. The number of halogens is 1. The summed E-state index contributed by atoms with van der Waals surface area (Å²) in [6, 6.07) is 17.4. The molecule has 2 aromatic carbocycles. The first kappa shape index (κ1) is 18.4. The Morgan fingerprint density at radius 3 is 1.65 bits per heavy atom. The van der Waals surface area contributed by atoms with E-state index in [4.69, 9.17) is 0 Å². The van der Waals surface area contributed by atoms with Crippen LogP contribution >= 0.6 is 0 Å². The van der Waals surface area contributed by atoms with Crippen molar-refractivity contribution in [3.8, 4) is 0 Å². The third-order valence-corrected chi connectivity index (χ3v) is 4.69. The van der Waals surface area contributed by atoms with Crippen LogP contribution in [0.5, 0.6) is 0 Å². The quantitative estimate of drug-likeness (QED) is 0.464. The van der Waals surface area contributed by atoms with E-state index in [2.05, 4.69) is 79.8 Å². The van der Waals surface area contributed by atoms with E-state index in [1.165, 1.54) is 28.2 Å². The normalized spacial score (nSPS) is 19.9. The minimum Gasteiger partial charge on any atom is -1.00 e. The maximum Gasteiger partial charge on any atom is 0 e. The standard InChI is InChI=1S/C21H18.ClH.Hf/c1-2-17(20-13-11-15-7-3-5-9-18(15)20)21-14-12-16-8-4-6-10-19(16)21;;/h3-14,20-21H,1-2H2;1H;/q-2;;/p-1. The Morgan fingerprint density at radius 1 is 0.783 bits per heavy atom. The average molecular weight is 484 g/mol. The molecule has 2 atom stereocenters. The van der Waals surface area contributed by atoms with Crippen molar-refractivity contribution in [3.63, 3.8) is 0 Å². The Balaban J connectivity index is 0.000000960. The molecule has 0 N–H and O–H groups in total. The van der Waals surface area contributed by atoms with Gasteiger partial charge in [0.15, 0.2) is 0 Å². The molecule has 2 heteroatoms. The Labute approximate surface area is 163 Å². The second-order valence-corrected chi connectivity index (χ2v) is 5.76. The van der Waals surface area contributed by atoms with E-state index < -0.39 is 0 Å². The molecule has 0 saturated carbocycles. The molecule has 0 aliphatic heterocycles. The molecular formula is C21H18ClHf-3. The summed E-state index contributed by atoms with van der Waals surface area (Å²) in [7, 11) is 0. The van der Waals surface area contributed by atoms with Crippen LogP contribution in [0.3, 0.4) is 0 Å². The predicted molar refractivity (Wildman–Crippen MR) is 89.7 cm³/mol. The van der Waals surface area contributed by atoms with E-state index in [0.717, 1.165) is 6.42 Å². The van der Waals surface area contributed by atoms with Crippen LogP contribution in [0.4, 0.5) is 0 Å². The maximum atomic E-state index is 4.22. The molecule has 4 rings (SSSR count). The van der Waals surface area contributed by atoms with Crippen LogP contribution in [0.15, 0.2) is 60.7 Å². The van der Waals surface area contributed by atoms with Gasteiger partial charge >= 0.3 is 0 Å². The van der Waals surface area contributed by atoms with E-state index in [1.54, 1.807) is 0 Å². The van der Waals surface area contributed by atoms with E-state index in [0.29, 0.717) is 11.8 Å². The predicted octanol–water partition coefficient (Wildman–Crippen LogP) is 2.41. The third-order valence-electron chi connectivity index (χ3n) is 4.69. The largest absolute Gasteiger partial charge is 1.00 e. The molecular weight excluding hydrogens is 466 g/mol. The Morgan fingerprint density at radius 2 is 1.22 bits per heavy atom. The van der Waals surface area contributed by atoms with Gasteiger partial charge in [-0.25, -0.2) is 0 Å². The zero-order chi connectivity index (χ0) is 14.2.